The van der Waals surface area contributed by atoms with Crippen LogP contribution in [0.1, 0.15) is 59.2 Å². The van der Waals surface area contributed by atoms with Crippen LogP contribution in [0.2, 0.25) is 0 Å². The summed E-state index contributed by atoms with van der Waals surface area (Å²) < 4.78 is 12.1. The lowest BCUT2D eigenvalue weighted by atomic mass is 9.93. The van der Waals surface area contributed by atoms with E-state index < -0.39 is 17.9 Å². The average Bonchev–Trinajstić information content (AvgIpc) is 3.48. The van der Waals surface area contributed by atoms with Crippen molar-refractivity contribution in [1.29, 1.82) is 0 Å². The molecule has 2 N–H and O–H groups in total. The largest absolute Gasteiger partial charge is 0.480 e. The molecule has 214 valence electrons. The van der Waals surface area contributed by atoms with E-state index in [1.807, 2.05) is 93.7 Å². The minimum absolute atomic E-state index is 0.296. The minimum Gasteiger partial charge on any atom is -0.480 e. The number of amides is 1. The zero-order chi connectivity index (χ0) is 29.2. The van der Waals surface area contributed by atoms with Crippen LogP contribution in [0, 0.1) is 6.92 Å². The number of hydrogen-bond acceptors (Lipinski definition) is 6. The Kier molecular flexibility index (Phi) is 10.8. The molecule has 41 heavy (non-hydrogen) atoms. The van der Waals surface area contributed by atoms with E-state index in [4.69, 9.17) is 9.47 Å². The van der Waals surface area contributed by atoms with Gasteiger partial charge in [-0.15, -0.1) is 11.3 Å². The Morgan fingerprint density at radius 1 is 1.00 bits per heavy atom. The zero-order valence-electron chi connectivity index (χ0n) is 23.6. The first kappa shape index (κ1) is 30.1. The number of aromatic nitrogens is 1. The molecule has 8 heteroatoms. The number of carbonyl (C=O) groups is 2. The molecule has 0 saturated carbocycles. The fourth-order valence-electron chi connectivity index (χ4n) is 4.54. The Morgan fingerprint density at radius 2 is 1.76 bits per heavy atom. The highest BCUT2D eigenvalue weighted by molar-refractivity contribution is 7.15. The maximum Gasteiger partial charge on any atom is 0.326 e. The molecule has 7 nitrogen and oxygen atoms in total. The van der Waals surface area contributed by atoms with Crippen molar-refractivity contribution in [2.75, 3.05) is 13.2 Å². The Bertz CT molecular complexity index is 1450. The molecular formula is C33H36N2O5S. The van der Waals surface area contributed by atoms with Gasteiger partial charge >= 0.3 is 5.97 Å². The van der Waals surface area contributed by atoms with Crippen molar-refractivity contribution in [2.45, 2.75) is 52.4 Å². The predicted octanol–water partition coefficient (Wildman–Crippen LogP) is 7.06. The van der Waals surface area contributed by atoms with Crippen molar-refractivity contribution in [3.63, 3.8) is 0 Å². The molecule has 0 fully saturated rings. The molecule has 0 radical (unpaired) electrons. The maximum atomic E-state index is 13.3. The third kappa shape index (κ3) is 7.88. The van der Waals surface area contributed by atoms with E-state index in [1.165, 1.54) is 0 Å². The zero-order valence-corrected chi connectivity index (χ0v) is 24.4. The normalized spacial score (nSPS) is 12.6. The first-order chi connectivity index (χ1) is 19.9. The van der Waals surface area contributed by atoms with Crippen molar-refractivity contribution in [1.82, 2.24) is 10.3 Å². The SMILES string of the molecule is CCC[C@H](NC(=O)c1ccc(CO[C@@H](COCC)c2cnc(-c3ccccc3)s2)cc1-c1ccccc1C)C(=O)O. The highest BCUT2D eigenvalue weighted by atomic mass is 32.1. The second-order valence-corrected chi connectivity index (χ2v) is 10.8. The maximum absolute atomic E-state index is 13.3. The number of hydrogen-bond donors (Lipinski definition) is 2. The number of thiazole rings is 1. The fourth-order valence-corrected chi connectivity index (χ4v) is 5.50. The summed E-state index contributed by atoms with van der Waals surface area (Å²) in [6, 6.07) is 22.5. The molecule has 0 spiro atoms. The summed E-state index contributed by atoms with van der Waals surface area (Å²) in [6.45, 7) is 7.09. The smallest absolute Gasteiger partial charge is 0.326 e. The van der Waals surface area contributed by atoms with Crippen LogP contribution in [-0.2, 0) is 20.9 Å². The summed E-state index contributed by atoms with van der Waals surface area (Å²) >= 11 is 1.58. The molecule has 0 saturated heterocycles. The molecule has 2 atom stereocenters. The number of aryl methyl sites for hydroxylation is 1. The third-order valence-corrected chi connectivity index (χ3v) is 7.87. The first-order valence-electron chi connectivity index (χ1n) is 13.8. The lowest BCUT2D eigenvalue weighted by molar-refractivity contribution is -0.139. The average molecular weight is 573 g/mol. The minimum atomic E-state index is -1.04. The molecule has 1 amide bonds. The molecule has 0 aliphatic rings. The molecule has 0 unspecified atom stereocenters. The summed E-state index contributed by atoms with van der Waals surface area (Å²) in [5.74, 6) is -1.45. The number of ether oxygens (including phenoxy) is 2. The van der Waals surface area contributed by atoms with E-state index in [0.29, 0.717) is 38.2 Å². The number of rotatable bonds is 14. The van der Waals surface area contributed by atoms with Crippen LogP contribution in [0.5, 0.6) is 0 Å². The molecule has 4 aromatic rings. The summed E-state index contributed by atoms with van der Waals surface area (Å²) in [5, 5.41) is 13.2. The predicted molar refractivity (Wildman–Crippen MR) is 162 cm³/mol. The van der Waals surface area contributed by atoms with Crippen molar-refractivity contribution in [2.24, 2.45) is 0 Å². The first-order valence-corrected chi connectivity index (χ1v) is 14.7. The number of carboxylic acid groups (broad SMARTS) is 1. The van der Waals surface area contributed by atoms with Gasteiger partial charge in [-0.05, 0) is 54.7 Å². The Labute approximate surface area is 245 Å². The fraction of sp³-hybridized carbons (Fsp3) is 0.303. The van der Waals surface area contributed by atoms with Gasteiger partial charge in [-0.1, -0.05) is 74.0 Å². The van der Waals surface area contributed by atoms with Gasteiger partial charge < -0.3 is 19.9 Å². The van der Waals surface area contributed by atoms with Gasteiger partial charge in [-0.25, -0.2) is 9.78 Å². The molecular weight excluding hydrogens is 536 g/mol. The number of nitrogens with zero attached hydrogens (tertiary/aromatic N) is 1. The number of carbonyl (C=O) groups excluding carboxylic acids is 1. The van der Waals surface area contributed by atoms with Crippen LogP contribution in [0.3, 0.4) is 0 Å². The van der Waals surface area contributed by atoms with Crippen molar-refractivity contribution in [3.05, 3.63) is 101 Å². The molecule has 0 bridgehead atoms. The van der Waals surface area contributed by atoms with Gasteiger partial charge in [0.15, 0.2) is 0 Å². The van der Waals surface area contributed by atoms with Crippen LogP contribution in [0.15, 0.2) is 79.0 Å². The number of nitrogens with one attached hydrogen (secondary N) is 1. The second-order valence-electron chi connectivity index (χ2n) is 9.74. The number of benzene rings is 3. The monoisotopic (exact) mass is 572 g/mol. The van der Waals surface area contributed by atoms with E-state index in [2.05, 4.69) is 10.3 Å². The van der Waals surface area contributed by atoms with E-state index in [9.17, 15) is 14.7 Å². The molecule has 1 heterocycles. The van der Waals surface area contributed by atoms with Gasteiger partial charge in [0.2, 0.25) is 0 Å². The highest BCUT2D eigenvalue weighted by Gasteiger charge is 2.23. The summed E-state index contributed by atoms with van der Waals surface area (Å²) in [6.07, 6.45) is 2.55. The van der Waals surface area contributed by atoms with Gasteiger partial charge in [0, 0.05) is 23.9 Å². The van der Waals surface area contributed by atoms with Crippen LogP contribution in [0.4, 0.5) is 0 Å². The van der Waals surface area contributed by atoms with Gasteiger partial charge in [0.05, 0.1) is 18.1 Å². The van der Waals surface area contributed by atoms with Gasteiger partial charge in [-0.2, -0.15) is 0 Å². The Hall–Kier alpha value is -3.85. The quantitative estimate of drug-likeness (QED) is 0.168. The van der Waals surface area contributed by atoms with Crippen molar-refractivity contribution < 1.29 is 24.2 Å². The molecule has 0 aliphatic carbocycles. The number of aliphatic carboxylic acids is 1. The standard InChI is InChI=1S/C33H36N2O5S/c1-4-11-28(33(37)38)35-31(36)26-17-16-23(18-27(26)25-15-10-9-12-22(25)3)20-40-29(21-39-5-2)30-19-34-32(41-30)24-13-7-6-8-14-24/h6-10,12-19,28-29H,4-5,11,20-21H2,1-3H3,(H,35,36)(H,37,38)/t28-,29-/m0/s1. The lowest BCUT2D eigenvalue weighted by Crippen LogP contribution is -2.40. The highest BCUT2D eigenvalue weighted by Crippen LogP contribution is 2.33. The van der Waals surface area contributed by atoms with Crippen LogP contribution >= 0.6 is 11.3 Å². The molecule has 3 aromatic carbocycles. The molecule has 1 aromatic heterocycles. The summed E-state index contributed by atoms with van der Waals surface area (Å²) in [7, 11) is 0. The van der Waals surface area contributed by atoms with Crippen molar-refractivity contribution in [3.8, 4) is 21.7 Å². The molecule has 0 aliphatic heterocycles. The second kappa shape index (κ2) is 14.7. The van der Waals surface area contributed by atoms with Gasteiger partial charge in [-0.3, -0.25) is 4.79 Å². The summed E-state index contributed by atoms with van der Waals surface area (Å²) in [4.78, 5) is 30.6. The van der Waals surface area contributed by atoms with Crippen LogP contribution < -0.4 is 5.32 Å². The van der Waals surface area contributed by atoms with Gasteiger partial charge in [0.1, 0.15) is 17.2 Å². The van der Waals surface area contributed by atoms with Crippen LogP contribution in [0.25, 0.3) is 21.7 Å². The van der Waals surface area contributed by atoms with Crippen molar-refractivity contribution >= 4 is 23.2 Å². The van der Waals surface area contributed by atoms with Crippen LogP contribution in [-0.4, -0.2) is 41.2 Å². The van der Waals surface area contributed by atoms with E-state index in [0.717, 1.165) is 37.7 Å². The summed E-state index contributed by atoms with van der Waals surface area (Å²) in [5.41, 5.74) is 5.01. The molecule has 4 rings (SSSR count). The van der Waals surface area contributed by atoms with E-state index in [1.54, 1.807) is 17.4 Å². The Balaban J connectivity index is 1.60. The van der Waals surface area contributed by atoms with E-state index >= 15 is 0 Å². The van der Waals surface area contributed by atoms with Gasteiger partial charge in [0.25, 0.3) is 5.91 Å². The lowest BCUT2D eigenvalue weighted by Gasteiger charge is -2.19. The van der Waals surface area contributed by atoms with E-state index in [-0.39, 0.29) is 6.10 Å². The Morgan fingerprint density at radius 3 is 2.46 bits per heavy atom. The number of carboxylic acids is 1. The topological polar surface area (TPSA) is 97.8 Å². The third-order valence-electron chi connectivity index (χ3n) is 6.73.